The van der Waals surface area contributed by atoms with E-state index in [1.165, 1.54) is 13.8 Å². The molecule has 0 aromatic heterocycles. The largest absolute Gasteiger partial charge is 0.402 e. The van der Waals surface area contributed by atoms with Crippen LogP contribution < -0.4 is 11.5 Å². The summed E-state index contributed by atoms with van der Waals surface area (Å²) in [4.78, 5) is 0. The van der Waals surface area contributed by atoms with Gasteiger partial charge in [0.2, 0.25) is 0 Å². The molecular weight excluding hydrogens is 260 g/mol. The third-order valence-electron chi connectivity index (χ3n) is 1.52. The number of anilines is 2. The van der Waals surface area contributed by atoms with Crippen LogP contribution in [0.5, 0.6) is 0 Å². The molecular formula is C10H18N2O5S. The molecule has 1 atom stereocenters. The molecule has 18 heavy (non-hydrogen) atoms. The lowest BCUT2D eigenvalue weighted by molar-refractivity contribution is -0.00703. The first-order valence-corrected chi connectivity index (χ1v) is 6.47. The first-order chi connectivity index (χ1) is 8.28. The molecule has 0 aliphatic heterocycles. The highest BCUT2D eigenvalue weighted by atomic mass is 32.3. The fraction of sp³-hybridized carbons (Fsp3) is 0.400. The fourth-order valence-electron chi connectivity index (χ4n) is 0.854. The summed E-state index contributed by atoms with van der Waals surface area (Å²) in [5.74, 6) is 0. The van der Waals surface area contributed by atoms with Gasteiger partial charge in [-0.1, -0.05) is 12.1 Å². The molecule has 0 heterocycles. The van der Waals surface area contributed by atoms with Crippen LogP contribution in [0.1, 0.15) is 13.8 Å². The zero-order chi connectivity index (χ0) is 14.2. The van der Waals surface area contributed by atoms with Gasteiger partial charge in [-0.3, -0.25) is 0 Å². The number of rotatable bonds is 4. The van der Waals surface area contributed by atoms with Gasteiger partial charge >= 0.3 is 10.4 Å². The van der Waals surface area contributed by atoms with E-state index in [1.54, 1.807) is 12.1 Å². The maximum Gasteiger partial charge on any atom is 0.402 e. The lowest BCUT2D eigenvalue weighted by atomic mass is 10.3. The van der Waals surface area contributed by atoms with E-state index in [9.17, 15) is 8.42 Å². The van der Waals surface area contributed by atoms with Crippen molar-refractivity contribution in [2.24, 2.45) is 0 Å². The maximum absolute atomic E-state index is 10.4. The molecule has 1 rings (SSSR count). The van der Waals surface area contributed by atoms with Crippen molar-refractivity contribution >= 4 is 21.8 Å². The number of aliphatic hydroxyl groups is 1. The highest BCUT2D eigenvalue weighted by Gasteiger charge is 2.13. The Bertz CT molecular complexity index is 426. The summed E-state index contributed by atoms with van der Waals surface area (Å²) < 4.78 is 29.0. The molecule has 104 valence electrons. The minimum atomic E-state index is -3.98. The van der Waals surface area contributed by atoms with Crippen LogP contribution in [0.15, 0.2) is 24.3 Å². The Kier molecular flexibility index (Phi) is 7.29. The third-order valence-corrected chi connectivity index (χ3v) is 2.55. The molecule has 5 N–H and O–H groups in total. The second-order valence-electron chi connectivity index (χ2n) is 3.14. The summed E-state index contributed by atoms with van der Waals surface area (Å²) in [7, 11) is -3.98. The van der Waals surface area contributed by atoms with Crippen LogP contribution in [-0.4, -0.2) is 26.4 Å². The van der Waals surface area contributed by atoms with Gasteiger partial charge < -0.3 is 16.6 Å². The number of nitrogens with two attached hydrogens (primary N) is 2. The van der Waals surface area contributed by atoms with Gasteiger partial charge in [0.15, 0.2) is 6.29 Å². The summed E-state index contributed by atoms with van der Waals surface area (Å²) >= 11 is 0. The van der Waals surface area contributed by atoms with Crippen molar-refractivity contribution < 1.29 is 21.9 Å². The van der Waals surface area contributed by atoms with Crippen molar-refractivity contribution in [1.29, 1.82) is 0 Å². The molecule has 0 spiro atoms. The fourth-order valence-corrected chi connectivity index (χ4v) is 1.54. The standard InChI is InChI=1S/C6H8N2.C4H10O5S/c7-5-3-1-2-4-6(5)8;1-3-8-10(6,7)9-4(2)5/h1-4H,7-8H2;4-5H,3H2,1-2H3. The summed E-state index contributed by atoms with van der Waals surface area (Å²) in [6.07, 6.45) is -1.36. The molecule has 8 heteroatoms. The van der Waals surface area contributed by atoms with Crippen LogP contribution in [0.25, 0.3) is 0 Å². The minimum absolute atomic E-state index is 0.00491. The maximum atomic E-state index is 10.4. The van der Waals surface area contributed by atoms with E-state index < -0.39 is 16.7 Å². The van der Waals surface area contributed by atoms with Gasteiger partial charge in [-0.15, -0.1) is 0 Å². The van der Waals surface area contributed by atoms with Crippen molar-refractivity contribution in [3.63, 3.8) is 0 Å². The number of para-hydroxylation sites is 2. The molecule has 0 aliphatic rings. The van der Waals surface area contributed by atoms with E-state index in [4.69, 9.17) is 16.6 Å². The molecule has 1 aromatic rings. The van der Waals surface area contributed by atoms with E-state index in [1.807, 2.05) is 12.1 Å². The first-order valence-electron chi connectivity index (χ1n) is 5.14. The second-order valence-corrected chi connectivity index (χ2v) is 4.38. The van der Waals surface area contributed by atoms with Crippen LogP contribution in [0.4, 0.5) is 11.4 Å². The van der Waals surface area contributed by atoms with Gasteiger partial charge in [0.25, 0.3) is 0 Å². The van der Waals surface area contributed by atoms with Gasteiger partial charge in [-0.2, -0.15) is 8.42 Å². The quantitative estimate of drug-likeness (QED) is 0.540. The lowest BCUT2D eigenvalue weighted by Crippen LogP contribution is -2.16. The molecule has 0 saturated carbocycles. The Morgan fingerprint density at radius 3 is 2.00 bits per heavy atom. The van der Waals surface area contributed by atoms with Crippen LogP contribution >= 0.6 is 0 Å². The predicted octanol–water partition coefficient (Wildman–Crippen LogP) is 0.474. The topological polar surface area (TPSA) is 125 Å². The van der Waals surface area contributed by atoms with Crippen molar-refractivity contribution in [2.75, 3.05) is 18.1 Å². The Labute approximate surface area is 107 Å². The van der Waals surface area contributed by atoms with Crippen LogP contribution in [0.2, 0.25) is 0 Å². The van der Waals surface area contributed by atoms with Gasteiger partial charge in [0.1, 0.15) is 0 Å². The summed E-state index contributed by atoms with van der Waals surface area (Å²) in [6, 6.07) is 7.25. The van der Waals surface area contributed by atoms with E-state index in [0.717, 1.165) is 0 Å². The van der Waals surface area contributed by atoms with Crippen LogP contribution in [-0.2, 0) is 18.8 Å². The molecule has 0 radical (unpaired) electrons. The van der Waals surface area contributed by atoms with Crippen molar-refractivity contribution in [2.45, 2.75) is 20.1 Å². The molecule has 0 saturated heterocycles. The van der Waals surface area contributed by atoms with Crippen molar-refractivity contribution in [3.05, 3.63) is 24.3 Å². The van der Waals surface area contributed by atoms with Crippen LogP contribution in [0.3, 0.4) is 0 Å². The van der Waals surface area contributed by atoms with E-state index in [-0.39, 0.29) is 6.61 Å². The van der Waals surface area contributed by atoms with Gasteiger partial charge in [-0.25, -0.2) is 8.37 Å². The monoisotopic (exact) mass is 278 g/mol. The van der Waals surface area contributed by atoms with E-state index in [2.05, 4.69) is 8.37 Å². The normalized spacial score (nSPS) is 12.4. The Balaban J connectivity index is 0.000000327. The number of hydrogen-bond donors (Lipinski definition) is 3. The average Bonchev–Trinajstić information content (AvgIpc) is 2.21. The molecule has 0 aliphatic carbocycles. The smallest absolute Gasteiger partial charge is 0.397 e. The SMILES string of the molecule is CCOS(=O)(=O)OC(C)O.Nc1ccccc1N. The van der Waals surface area contributed by atoms with Gasteiger partial charge in [0, 0.05) is 0 Å². The second kappa shape index (κ2) is 7.88. The first kappa shape index (κ1) is 16.6. The molecule has 1 unspecified atom stereocenters. The number of aliphatic hydroxyl groups excluding tert-OH is 1. The predicted molar refractivity (Wildman–Crippen MR) is 68.6 cm³/mol. The third kappa shape index (κ3) is 7.85. The molecule has 0 bridgehead atoms. The Hall–Kier alpha value is -1.35. The van der Waals surface area contributed by atoms with Crippen LogP contribution in [0, 0.1) is 0 Å². The van der Waals surface area contributed by atoms with Crippen molar-refractivity contribution in [1.82, 2.24) is 0 Å². The molecule has 0 amide bonds. The highest BCUT2D eigenvalue weighted by molar-refractivity contribution is 7.81. The lowest BCUT2D eigenvalue weighted by Gasteiger charge is -2.04. The van der Waals surface area contributed by atoms with Gasteiger partial charge in [0.05, 0.1) is 18.0 Å². The van der Waals surface area contributed by atoms with Crippen molar-refractivity contribution in [3.8, 4) is 0 Å². The summed E-state index contributed by atoms with van der Waals surface area (Å²) in [6.45, 7) is 2.68. The Morgan fingerprint density at radius 2 is 1.72 bits per heavy atom. The molecule has 7 nitrogen and oxygen atoms in total. The molecule has 0 fully saturated rings. The highest BCUT2D eigenvalue weighted by Crippen LogP contribution is 2.10. The number of benzene rings is 1. The average molecular weight is 278 g/mol. The van der Waals surface area contributed by atoms with E-state index in [0.29, 0.717) is 11.4 Å². The molecule has 1 aromatic carbocycles. The summed E-state index contributed by atoms with van der Waals surface area (Å²) in [5.41, 5.74) is 12.1. The zero-order valence-corrected chi connectivity index (χ0v) is 11.1. The zero-order valence-electron chi connectivity index (χ0n) is 10.2. The minimum Gasteiger partial charge on any atom is -0.397 e. The summed E-state index contributed by atoms with van der Waals surface area (Å²) in [5, 5.41) is 8.43. The number of hydrogen-bond acceptors (Lipinski definition) is 7. The number of nitrogen functional groups attached to an aromatic ring is 2. The Morgan fingerprint density at radius 1 is 1.28 bits per heavy atom. The van der Waals surface area contributed by atoms with Gasteiger partial charge in [-0.05, 0) is 26.0 Å². The van der Waals surface area contributed by atoms with E-state index >= 15 is 0 Å².